The maximum Gasteiger partial charge on any atom is 0.123 e. The molecule has 2 rings (SSSR count). The van der Waals surface area contributed by atoms with E-state index in [4.69, 9.17) is 5.73 Å². The maximum atomic E-state index is 13.0. The SMILES string of the molecule is Cc1cnc(C(N)c2cccc(F)c2)s1. The fraction of sp³-hybridized carbons (Fsp3) is 0.182. The number of hydrogen-bond acceptors (Lipinski definition) is 3. The zero-order valence-electron chi connectivity index (χ0n) is 8.27. The molecule has 1 atom stereocenters. The molecule has 2 aromatic rings. The number of rotatable bonds is 2. The minimum absolute atomic E-state index is 0.267. The van der Waals surface area contributed by atoms with Crippen LogP contribution in [0.25, 0.3) is 0 Å². The molecule has 1 heterocycles. The molecule has 0 aliphatic heterocycles. The molecule has 0 fully saturated rings. The van der Waals surface area contributed by atoms with E-state index in [1.54, 1.807) is 12.3 Å². The van der Waals surface area contributed by atoms with Crippen LogP contribution in [-0.4, -0.2) is 4.98 Å². The first kappa shape index (κ1) is 10.3. The first-order valence-electron chi connectivity index (χ1n) is 4.60. The van der Waals surface area contributed by atoms with Crippen LogP contribution >= 0.6 is 11.3 Å². The summed E-state index contributed by atoms with van der Waals surface area (Å²) in [5, 5.41) is 0.818. The van der Waals surface area contributed by atoms with Crippen molar-refractivity contribution in [1.82, 2.24) is 4.98 Å². The number of aromatic nitrogens is 1. The van der Waals surface area contributed by atoms with E-state index >= 15 is 0 Å². The molecule has 2 nitrogen and oxygen atoms in total. The van der Waals surface area contributed by atoms with Gasteiger partial charge in [-0.3, -0.25) is 0 Å². The molecule has 78 valence electrons. The number of aryl methyl sites for hydroxylation is 1. The lowest BCUT2D eigenvalue weighted by Crippen LogP contribution is -2.11. The molecule has 1 aromatic heterocycles. The number of halogens is 1. The predicted octanol–water partition coefficient (Wildman–Crippen LogP) is 2.64. The first-order chi connectivity index (χ1) is 7.16. The van der Waals surface area contributed by atoms with Gasteiger partial charge in [0.25, 0.3) is 0 Å². The molecule has 4 heteroatoms. The van der Waals surface area contributed by atoms with Gasteiger partial charge in [-0.1, -0.05) is 12.1 Å². The Morgan fingerprint density at radius 3 is 2.87 bits per heavy atom. The second-order valence-electron chi connectivity index (χ2n) is 3.34. The van der Waals surface area contributed by atoms with E-state index in [1.165, 1.54) is 23.5 Å². The summed E-state index contributed by atoms with van der Waals surface area (Å²) in [7, 11) is 0. The number of hydrogen-bond donors (Lipinski definition) is 1. The summed E-state index contributed by atoms with van der Waals surface area (Å²) in [5.41, 5.74) is 6.73. The Morgan fingerprint density at radius 2 is 2.27 bits per heavy atom. The number of nitrogens with two attached hydrogens (primary N) is 1. The fourth-order valence-corrected chi connectivity index (χ4v) is 2.16. The summed E-state index contributed by atoms with van der Waals surface area (Å²) in [5.74, 6) is -0.267. The zero-order valence-corrected chi connectivity index (χ0v) is 9.09. The average molecular weight is 222 g/mol. The second kappa shape index (κ2) is 4.08. The standard InChI is InChI=1S/C11H11FN2S/c1-7-6-14-11(15-7)10(13)8-3-2-4-9(12)5-8/h2-6,10H,13H2,1H3. The lowest BCUT2D eigenvalue weighted by Gasteiger charge is -2.08. The van der Waals surface area contributed by atoms with Gasteiger partial charge >= 0.3 is 0 Å². The molecule has 0 saturated carbocycles. The van der Waals surface area contributed by atoms with Gasteiger partial charge in [0.15, 0.2) is 0 Å². The van der Waals surface area contributed by atoms with Crippen molar-refractivity contribution in [2.45, 2.75) is 13.0 Å². The molecule has 2 N–H and O–H groups in total. The van der Waals surface area contributed by atoms with Crippen molar-refractivity contribution in [3.8, 4) is 0 Å². The molecule has 1 unspecified atom stereocenters. The predicted molar refractivity (Wildman–Crippen MR) is 59.3 cm³/mol. The van der Waals surface area contributed by atoms with Crippen LogP contribution in [0.2, 0.25) is 0 Å². The molecule has 1 aromatic carbocycles. The molecule has 0 amide bonds. The Morgan fingerprint density at radius 1 is 1.47 bits per heavy atom. The van der Waals surface area contributed by atoms with E-state index < -0.39 is 0 Å². The van der Waals surface area contributed by atoms with Gasteiger partial charge in [0.2, 0.25) is 0 Å². The van der Waals surface area contributed by atoms with Gasteiger partial charge in [-0.25, -0.2) is 9.37 Å². The molecule has 0 saturated heterocycles. The van der Waals surface area contributed by atoms with Gasteiger partial charge < -0.3 is 5.73 Å². The van der Waals surface area contributed by atoms with Crippen molar-refractivity contribution in [2.75, 3.05) is 0 Å². The van der Waals surface area contributed by atoms with Crippen molar-refractivity contribution in [2.24, 2.45) is 5.73 Å². The summed E-state index contributed by atoms with van der Waals surface area (Å²) in [6, 6.07) is 5.99. The van der Waals surface area contributed by atoms with Crippen LogP contribution < -0.4 is 5.73 Å². The molecule has 15 heavy (non-hydrogen) atoms. The van der Waals surface area contributed by atoms with Crippen LogP contribution in [0, 0.1) is 12.7 Å². The Balaban J connectivity index is 2.32. The minimum Gasteiger partial charge on any atom is -0.318 e. The van der Waals surface area contributed by atoms with E-state index in [0.717, 1.165) is 15.4 Å². The lowest BCUT2D eigenvalue weighted by molar-refractivity contribution is 0.623. The van der Waals surface area contributed by atoms with Crippen LogP contribution in [0.4, 0.5) is 4.39 Å². The molecule has 0 spiro atoms. The Bertz CT molecular complexity index is 467. The minimum atomic E-state index is -0.334. The van der Waals surface area contributed by atoms with E-state index in [1.807, 2.05) is 13.0 Å². The Labute approximate surface area is 91.6 Å². The van der Waals surface area contributed by atoms with E-state index in [-0.39, 0.29) is 11.9 Å². The average Bonchev–Trinajstić information content (AvgIpc) is 2.64. The summed E-state index contributed by atoms with van der Waals surface area (Å²) in [6.45, 7) is 1.97. The van der Waals surface area contributed by atoms with Crippen LogP contribution in [0.5, 0.6) is 0 Å². The zero-order chi connectivity index (χ0) is 10.8. The van der Waals surface area contributed by atoms with Gasteiger partial charge in [0, 0.05) is 11.1 Å². The maximum absolute atomic E-state index is 13.0. The lowest BCUT2D eigenvalue weighted by atomic mass is 10.1. The van der Waals surface area contributed by atoms with Crippen LogP contribution in [0.15, 0.2) is 30.5 Å². The van der Waals surface area contributed by atoms with E-state index in [2.05, 4.69) is 4.98 Å². The monoisotopic (exact) mass is 222 g/mol. The van der Waals surface area contributed by atoms with Crippen molar-refractivity contribution >= 4 is 11.3 Å². The third kappa shape index (κ3) is 2.22. The highest BCUT2D eigenvalue weighted by atomic mass is 32.1. The van der Waals surface area contributed by atoms with Gasteiger partial charge in [-0.05, 0) is 24.6 Å². The highest BCUT2D eigenvalue weighted by Gasteiger charge is 2.12. The highest BCUT2D eigenvalue weighted by Crippen LogP contribution is 2.23. The molecule has 0 aliphatic carbocycles. The van der Waals surface area contributed by atoms with Crippen molar-refractivity contribution < 1.29 is 4.39 Å². The first-order valence-corrected chi connectivity index (χ1v) is 5.42. The smallest absolute Gasteiger partial charge is 0.123 e. The third-order valence-corrected chi connectivity index (χ3v) is 3.11. The quantitative estimate of drug-likeness (QED) is 0.848. The Hall–Kier alpha value is -1.26. The van der Waals surface area contributed by atoms with Crippen molar-refractivity contribution in [1.29, 1.82) is 0 Å². The summed E-state index contributed by atoms with van der Waals surface area (Å²) in [6.07, 6.45) is 1.78. The number of benzene rings is 1. The highest BCUT2D eigenvalue weighted by molar-refractivity contribution is 7.11. The largest absolute Gasteiger partial charge is 0.318 e. The second-order valence-corrected chi connectivity index (χ2v) is 4.61. The number of nitrogens with zero attached hydrogens (tertiary/aromatic N) is 1. The van der Waals surface area contributed by atoms with Gasteiger partial charge in [-0.2, -0.15) is 0 Å². The summed E-state index contributed by atoms with van der Waals surface area (Å²) >= 11 is 1.54. The van der Waals surface area contributed by atoms with Crippen LogP contribution in [0.3, 0.4) is 0 Å². The van der Waals surface area contributed by atoms with Gasteiger partial charge in [0.05, 0.1) is 6.04 Å². The van der Waals surface area contributed by atoms with Gasteiger partial charge in [0.1, 0.15) is 10.8 Å². The molecular formula is C11H11FN2S. The molecule has 0 aliphatic rings. The summed E-state index contributed by atoms with van der Waals surface area (Å²) in [4.78, 5) is 5.30. The van der Waals surface area contributed by atoms with Gasteiger partial charge in [-0.15, -0.1) is 11.3 Å². The summed E-state index contributed by atoms with van der Waals surface area (Å²) < 4.78 is 13.0. The third-order valence-electron chi connectivity index (χ3n) is 2.11. The Kier molecular flexibility index (Phi) is 2.79. The van der Waals surface area contributed by atoms with Crippen LogP contribution in [0.1, 0.15) is 21.5 Å². The topological polar surface area (TPSA) is 38.9 Å². The normalized spacial score (nSPS) is 12.7. The van der Waals surface area contributed by atoms with Crippen molar-refractivity contribution in [3.05, 3.63) is 51.7 Å². The van der Waals surface area contributed by atoms with E-state index in [9.17, 15) is 4.39 Å². The van der Waals surface area contributed by atoms with Crippen molar-refractivity contribution in [3.63, 3.8) is 0 Å². The number of thiazole rings is 1. The molecular weight excluding hydrogens is 211 g/mol. The fourth-order valence-electron chi connectivity index (χ4n) is 1.36. The van der Waals surface area contributed by atoms with E-state index in [0.29, 0.717) is 0 Å². The molecule has 0 bridgehead atoms. The van der Waals surface area contributed by atoms with Crippen LogP contribution in [-0.2, 0) is 0 Å². The molecule has 0 radical (unpaired) electrons.